The topological polar surface area (TPSA) is 42.4 Å². The molecule has 2 heterocycles. The van der Waals surface area contributed by atoms with Gasteiger partial charge in [0, 0.05) is 18.7 Å². The van der Waals surface area contributed by atoms with Crippen molar-refractivity contribution in [3.05, 3.63) is 101 Å². The summed E-state index contributed by atoms with van der Waals surface area (Å²) in [6.45, 7) is 1.25. The lowest BCUT2D eigenvalue weighted by Gasteiger charge is -2.33. The van der Waals surface area contributed by atoms with E-state index in [9.17, 15) is 18.0 Å². The molecule has 7 heteroatoms. The molecule has 1 aliphatic rings. The van der Waals surface area contributed by atoms with E-state index in [4.69, 9.17) is 4.74 Å². The molecular formula is C25H23F3N2O2. The number of carbonyl (C=O) groups is 1. The molecule has 3 aromatic rings. The smallest absolute Gasteiger partial charge is 0.368 e. The van der Waals surface area contributed by atoms with Gasteiger partial charge in [0.15, 0.2) is 0 Å². The van der Waals surface area contributed by atoms with E-state index in [0.717, 1.165) is 11.6 Å². The van der Waals surface area contributed by atoms with Crippen LogP contribution in [0.5, 0.6) is 0 Å². The molecule has 4 rings (SSSR count). The van der Waals surface area contributed by atoms with Crippen molar-refractivity contribution in [1.82, 2.24) is 9.88 Å². The predicted octanol–water partition coefficient (Wildman–Crippen LogP) is 4.83. The zero-order valence-electron chi connectivity index (χ0n) is 17.4. The molecule has 2 aromatic carbocycles. The third-order valence-corrected chi connectivity index (χ3v) is 5.47. The molecule has 1 atom stereocenters. The number of hydrogen-bond donors (Lipinski definition) is 0. The molecule has 0 unspecified atom stereocenters. The normalized spacial score (nSPS) is 16.7. The highest BCUT2D eigenvalue weighted by Crippen LogP contribution is 2.33. The number of morpholine rings is 1. The van der Waals surface area contributed by atoms with Crippen LogP contribution in [0.15, 0.2) is 72.8 Å². The molecule has 0 radical (unpaired) electrons. The van der Waals surface area contributed by atoms with Crippen molar-refractivity contribution in [1.29, 1.82) is 0 Å². The lowest BCUT2D eigenvalue weighted by Crippen LogP contribution is -2.43. The van der Waals surface area contributed by atoms with Gasteiger partial charge in [0.25, 0.3) is 0 Å². The number of ether oxygens (including phenoxy) is 1. The highest BCUT2D eigenvalue weighted by atomic mass is 19.4. The van der Waals surface area contributed by atoms with E-state index in [1.54, 1.807) is 29.2 Å². The van der Waals surface area contributed by atoms with Crippen LogP contribution in [-0.2, 0) is 28.5 Å². The lowest BCUT2D eigenvalue weighted by molar-refractivity contribution is -0.139. The van der Waals surface area contributed by atoms with Gasteiger partial charge in [-0.2, -0.15) is 13.2 Å². The number of halogens is 3. The molecule has 1 amide bonds. The van der Waals surface area contributed by atoms with Gasteiger partial charge in [-0.3, -0.25) is 9.78 Å². The van der Waals surface area contributed by atoms with Crippen molar-refractivity contribution in [2.75, 3.05) is 19.7 Å². The van der Waals surface area contributed by atoms with Crippen molar-refractivity contribution < 1.29 is 22.7 Å². The van der Waals surface area contributed by atoms with E-state index in [-0.39, 0.29) is 17.9 Å². The molecule has 0 bridgehead atoms. The van der Waals surface area contributed by atoms with Crippen molar-refractivity contribution in [3.8, 4) is 0 Å². The van der Waals surface area contributed by atoms with Gasteiger partial charge < -0.3 is 9.64 Å². The van der Waals surface area contributed by atoms with Crippen LogP contribution in [0, 0.1) is 0 Å². The molecule has 0 saturated carbocycles. The van der Waals surface area contributed by atoms with Crippen LogP contribution < -0.4 is 0 Å². The Labute approximate surface area is 184 Å². The Morgan fingerprint density at radius 2 is 1.75 bits per heavy atom. The molecule has 4 nitrogen and oxygen atoms in total. The standard InChI is InChI=1S/C25H23F3N2O2/c26-25(27,28)21-11-5-4-9-19(21)16-20-10-6-12-22(29-20)23-17-30(13-14-32-23)24(31)15-18-7-2-1-3-8-18/h1-12,23H,13-17H2/t23-/m0/s1. The minimum Gasteiger partial charge on any atom is -0.368 e. The summed E-state index contributed by atoms with van der Waals surface area (Å²) in [5.74, 6) is 0.0137. The molecule has 32 heavy (non-hydrogen) atoms. The van der Waals surface area contributed by atoms with Gasteiger partial charge in [-0.25, -0.2) is 0 Å². The van der Waals surface area contributed by atoms with Crippen LogP contribution in [0.25, 0.3) is 0 Å². The quantitative estimate of drug-likeness (QED) is 0.571. The zero-order valence-corrected chi connectivity index (χ0v) is 17.4. The van der Waals surface area contributed by atoms with Crippen molar-refractivity contribution in [2.45, 2.75) is 25.1 Å². The second-order valence-electron chi connectivity index (χ2n) is 7.75. The summed E-state index contributed by atoms with van der Waals surface area (Å²) in [6, 6.07) is 20.3. The number of hydrogen-bond acceptors (Lipinski definition) is 3. The molecular weight excluding hydrogens is 417 g/mol. The maximum Gasteiger partial charge on any atom is 0.416 e. The monoisotopic (exact) mass is 440 g/mol. The Hall–Kier alpha value is -3.19. The summed E-state index contributed by atoms with van der Waals surface area (Å²) in [5, 5.41) is 0. The number of aromatic nitrogens is 1. The number of nitrogens with zero attached hydrogens (tertiary/aromatic N) is 2. The van der Waals surface area contributed by atoms with Crippen LogP contribution in [-0.4, -0.2) is 35.5 Å². The fourth-order valence-corrected chi connectivity index (χ4v) is 3.86. The highest BCUT2D eigenvalue weighted by molar-refractivity contribution is 5.78. The summed E-state index contributed by atoms with van der Waals surface area (Å²) in [6.07, 6.45) is -4.45. The van der Waals surface area contributed by atoms with Gasteiger partial charge >= 0.3 is 6.18 Å². The summed E-state index contributed by atoms with van der Waals surface area (Å²) in [5.41, 5.74) is 1.61. The SMILES string of the molecule is O=C(Cc1ccccc1)N1CCO[C@H](c2cccc(Cc3ccccc3C(F)(F)F)n2)C1. The second kappa shape index (κ2) is 9.53. The maximum atomic E-state index is 13.3. The average Bonchev–Trinajstić information content (AvgIpc) is 2.80. The molecule has 0 N–H and O–H groups in total. The lowest BCUT2D eigenvalue weighted by atomic mass is 10.0. The third kappa shape index (κ3) is 5.34. The summed E-state index contributed by atoms with van der Waals surface area (Å²) >= 11 is 0. The zero-order chi connectivity index (χ0) is 22.6. The average molecular weight is 440 g/mol. The van der Waals surface area contributed by atoms with Gasteiger partial charge in [-0.15, -0.1) is 0 Å². The van der Waals surface area contributed by atoms with Crippen molar-refractivity contribution in [3.63, 3.8) is 0 Å². The van der Waals surface area contributed by atoms with Crippen LogP contribution >= 0.6 is 0 Å². The number of alkyl halides is 3. The first-order valence-electron chi connectivity index (χ1n) is 10.4. The first-order chi connectivity index (χ1) is 15.4. The molecule has 1 saturated heterocycles. The highest BCUT2D eigenvalue weighted by Gasteiger charge is 2.33. The van der Waals surface area contributed by atoms with Gasteiger partial charge in [0.05, 0.1) is 30.8 Å². The largest absolute Gasteiger partial charge is 0.416 e. The molecule has 1 aromatic heterocycles. The van der Waals surface area contributed by atoms with Crippen LogP contribution in [0.1, 0.15) is 34.2 Å². The summed E-state index contributed by atoms with van der Waals surface area (Å²) < 4.78 is 45.8. The molecule has 1 aliphatic heterocycles. The number of rotatable bonds is 5. The van der Waals surface area contributed by atoms with E-state index in [2.05, 4.69) is 4.98 Å². The van der Waals surface area contributed by atoms with E-state index in [0.29, 0.717) is 37.5 Å². The summed E-state index contributed by atoms with van der Waals surface area (Å²) in [4.78, 5) is 19.0. The van der Waals surface area contributed by atoms with Crippen molar-refractivity contribution in [2.24, 2.45) is 0 Å². The van der Waals surface area contributed by atoms with Crippen LogP contribution in [0.4, 0.5) is 13.2 Å². The first kappa shape index (κ1) is 22.0. The predicted molar refractivity (Wildman–Crippen MR) is 114 cm³/mol. The second-order valence-corrected chi connectivity index (χ2v) is 7.75. The van der Waals surface area contributed by atoms with Gasteiger partial charge in [0.1, 0.15) is 6.10 Å². The molecule has 166 valence electrons. The molecule has 0 aliphatic carbocycles. The fourth-order valence-electron chi connectivity index (χ4n) is 3.86. The van der Waals surface area contributed by atoms with Gasteiger partial charge in [-0.1, -0.05) is 54.6 Å². The number of amides is 1. The van der Waals surface area contributed by atoms with Gasteiger partial charge in [-0.05, 0) is 29.3 Å². The Kier molecular flexibility index (Phi) is 6.55. The van der Waals surface area contributed by atoms with E-state index in [1.807, 2.05) is 30.3 Å². The van der Waals surface area contributed by atoms with E-state index in [1.165, 1.54) is 12.1 Å². The van der Waals surface area contributed by atoms with Crippen LogP contribution in [0.2, 0.25) is 0 Å². The Morgan fingerprint density at radius 3 is 2.53 bits per heavy atom. The Balaban J connectivity index is 1.47. The summed E-state index contributed by atoms with van der Waals surface area (Å²) in [7, 11) is 0. The van der Waals surface area contributed by atoms with Crippen molar-refractivity contribution >= 4 is 5.91 Å². The maximum absolute atomic E-state index is 13.3. The Morgan fingerprint density at radius 1 is 1.00 bits per heavy atom. The Bertz CT molecular complexity index is 1070. The fraction of sp³-hybridized carbons (Fsp3) is 0.280. The number of benzene rings is 2. The number of pyridine rings is 1. The van der Waals surface area contributed by atoms with E-state index >= 15 is 0 Å². The van der Waals surface area contributed by atoms with E-state index < -0.39 is 17.8 Å². The molecule has 0 spiro atoms. The number of carbonyl (C=O) groups excluding carboxylic acids is 1. The molecule has 1 fully saturated rings. The van der Waals surface area contributed by atoms with Gasteiger partial charge in [0.2, 0.25) is 5.91 Å². The van der Waals surface area contributed by atoms with Crippen LogP contribution in [0.3, 0.4) is 0 Å². The minimum atomic E-state index is -4.42. The third-order valence-electron chi connectivity index (χ3n) is 5.47. The minimum absolute atomic E-state index is 0.0137. The first-order valence-corrected chi connectivity index (χ1v) is 10.4.